The van der Waals surface area contributed by atoms with Crippen LogP contribution in [0.1, 0.15) is 34.3 Å². The Morgan fingerprint density at radius 2 is 1.69 bits per heavy atom. The van der Waals surface area contributed by atoms with Crippen LogP contribution in [-0.4, -0.2) is 45.0 Å². The van der Waals surface area contributed by atoms with Crippen molar-refractivity contribution in [2.45, 2.75) is 25.8 Å². The molecule has 0 bridgehead atoms. The van der Waals surface area contributed by atoms with Gasteiger partial charge in [0.1, 0.15) is 5.69 Å². The molecule has 7 heteroatoms. The van der Waals surface area contributed by atoms with E-state index in [1.54, 1.807) is 12.1 Å². The molecule has 1 aliphatic heterocycles. The summed E-state index contributed by atoms with van der Waals surface area (Å²) >= 11 is 0. The summed E-state index contributed by atoms with van der Waals surface area (Å²) < 4.78 is 5.87. The molecule has 0 saturated heterocycles. The number of ether oxygens (including phenoxy) is 1. The molecular formula is C28H25N3O4. The van der Waals surface area contributed by atoms with Gasteiger partial charge in [-0.1, -0.05) is 54.6 Å². The molecule has 2 heterocycles. The number of amides is 1. The van der Waals surface area contributed by atoms with Crippen molar-refractivity contribution in [3.63, 3.8) is 0 Å². The van der Waals surface area contributed by atoms with Crippen LogP contribution in [0.5, 0.6) is 5.88 Å². The predicted octanol–water partition coefficient (Wildman–Crippen LogP) is 4.74. The minimum Gasteiger partial charge on any atom is -0.481 e. The molecule has 1 aromatic heterocycles. The maximum atomic E-state index is 13.3. The summed E-state index contributed by atoms with van der Waals surface area (Å²) in [6.45, 7) is 1.46. The molecule has 0 atom stereocenters. The fourth-order valence-electron chi connectivity index (χ4n) is 4.30. The van der Waals surface area contributed by atoms with Gasteiger partial charge in [-0.05, 0) is 42.2 Å². The van der Waals surface area contributed by atoms with Crippen LogP contribution in [0.25, 0.3) is 22.3 Å². The number of nitrogens with zero attached hydrogens (tertiary/aromatic N) is 3. The number of rotatable bonds is 7. The van der Waals surface area contributed by atoms with Crippen LogP contribution in [0.15, 0.2) is 72.8 Å². The highest BCUT2D eigenvalue weighted by Crippen LogP contribution is 2.30. The number of hydrogen-bond acceptors (Lipinski definition) is 5. The van der Waals surface area contributed by atoms with E-state index in [0.29, 0.717) is 47.7 Å². The highest BCUT2D eigenvalue weighted by molar-refractivity contribution is 5.97. The van der Waals surface area contributed by atoms with Crippen molar-refractivity contribution >= 4 is 22.9 Å². The van der Waals surface area contributed by atoms with Gasteiger partial charge in [-0.25, -0.2) is 9.97 Å². The molecule has 0 spiro atoms. The third kappa shape index (κ3) is 4.99. The first-order chi connectivity index (χ1) is 17.1. The monoisotopic (exact) mass is 467 g/mol. The van der Waals surface area contributed by atoms with Crippen molar-refractivity contribution in [2.24, 2.45) is 0 Å². The van der Waals surface area contributed by atoms with Crippen molar-refractivity contribution in [2.75, 3.05) is 13.2 Å². The van der Waals surface area contributed by atoms with Gasteiger partial charge in [0, 0.05) is 30.6 Å². The Kier molecular flexibility index (Phi) is 6.39. The second-order valence-electron chi connectivity index (χ2n) is 8.54. The smallest absolute Gasteiger partial charge is 0.303 e. The molecule has 0 aliphatic carbocycles. The second kappa shape index (κ2) is 9.93. The third-order valence-corrected chi connectivity index (χ3v) is 6.12. The van der Waals surface area contributed by atoms with Crippen molar-refractivity contribution < 1.29 is 19.4 Å². The average molecular weight is 468 g/mol. The fraction of sp³-hybridized carbons (Fsp3) is 0.214. The number of carbonyl (C=O) groups is 2. The normalized spacial score (nSPS) is 12.9. The van der Waals surface area contributed by atoms with Crippen LogP contribution in [0.3, 0.4) is 0 Å². The number of fused-ring (bicyclic) bond motifs is 2. The Morgan fingerprint density at radius 1 is 0.914 bits per heavy atom. The maximum absolute atomic E-state index is 13.3. The Labute approximate surface area is 203 Å². The number of benzene rings is 3. The van der Waals surface area contributed by atoms with E-state index in [9.17, 15) is 9.59 Å². The van der Waals surface area contributed by atoms with Crippen LogP contribution in [0.2, 0.25) is 0 Å². The zero-order chi connectivity index (χ0) is 24.2. The largest absolute Gasteiger partial charge is 0.481 e. The van der Waals surface area contributed by atoms with Gasteiger partial charge < -0.3 is 14.7 Å². The van der Waals surface area contributed by atoms with E-state index in [1.165, 1.54) is 11.1 Å². The molecule has 5 rings (SSSR count). The first-order valence-electron chi connectivity index (χ1n) is 11.7. The Balaban J connectivity index is 1.44. The number of carboxylic acids is 1. The lowest BCUT2D eigenvalue weighted by Crippen LogP contribution is -2.35. The van der Waals surface area contributed by atoms with E-state index in [-0.39, 0.29) is 18.9 Å². The van der Waals surface area contributed by atoms with E-state index < -0.39 is 5.97 Å². The molecule has 0 radical (unpaired) electrons. The van der Waals surface area contributed by atoms with Gasteiger partial charge in [-0.2, -0.15) is 0 Å². The van der Waals surface area contributed by atoms with E-state index in [4.69, 9.17) is 14.8 Å². The highest BCUT2D eigenvalue weighted by atomic mass is 16.5. The molecule has 0 fully saturated rings. The molecule has 0 saturated carbocycles. The summed E-state index contributed by atoms with van der Waals surface area (Å²) in [6, 6.07) is 23.2. The molecule has 1 amide bonds. The average Bonchev–Trinajstić information content (AvgIpc) is 2.90. The molecule has 176 valence electrons. The zero-order valence-corrected chi connectivity index (χ0v) is 19.2. The third-order valence-electron chi connectivity index (χ3n) is 6.12. The lowest BCUT2D eigenvalue weighted by molar-refractivity contribution is -0.137. The van der Waals surface area contributed by atoms with Gasteiger partial charge in [0.05, 0.1) is 17.6 Å². The first-order valence-corrected chi connectivity index (χ1v) is 11.7. The summed E-state index contributed by atoms with van der Waals surface area (Å²) in [5, 5.41) is 8.91. The van der Waals surface area contributed by atoms with E-state index in [0.717, 1.165) is 12.0 Å². The first kappa shape index (κ1) is 22.5. The summed E-state index contributed by atoms with van der Waals surface area (Å²) in [4.78, 5) is 35.5. The molecule has 1 N–H and O–H groups in total. The lowest BCUT2D eigenvalue weighted by atomic mass is 9.99. The Hall–Kier alpha value is -4.26. The second-order valence-corrected chi connectivity index (χ2v) is 8.54. The van der Waals surface area contributed by atoms with Crippen LogP contribution in [0.4, 0.5) is 0 Å². The number of carboxylic acid groups (broad SMARTS) is 1. The van der Waals surface area contributed by atoms with Gasteiger partial charge in [-0.15, -0.1) is 0 Å². The van der Waals surface area contributed by atoms with Crippen molar-refractivity contribution in [1.82, 2.24) is 14.9 Å². The van der Waals surface area contributed by atoms with Crippen LogP contribution >= 0.6 is 0 Å². The summed E-state index contributed by atoms with van der Waals surface area (Å²) in [6.07, 6.45) is 1.21. The molecule has 35 heavy (non-hydrogen) atoms. The number of aliphatic carboxylic acids is 1. The summed E-state index contributed by atoms with van der Waals surface area (Å²) in [5.41, 5.74) is 5.66. The minimum absolute atomic E-state index is 0.0132. The SMILES string of the molecule is O=C(O)CCCOc1nc2cc(C(=O)N3CCc4ccccc4C3)ccc2nc1-c1ccccc1. The number of carbonyl (C=O) groups excluding carboxylic acids is 1. The van der Waals surface area contributed by atoms with Crippen molar-refractivity contribution in [3.8, 4) is 17.1 Å². The van der Waals surface area contributed by atoms with E-state index in [1.807, 2.05) is 53.4 Å². The van der Waals surface area contributed by atoms with Crippen LogP contribution < -0.4 is 4.74 Å². The predicted molar refractivity (Wildman–Crippen MR) is 132 cm³/mol. The molecule has 1 aliphatic rings. The van der Waals surface area contributed by atoms with E-state index >= 15 is 0 Å². The maximum Gasteiger partial charge on any atom is 0.303 e. The van der Waals surface area contributed by atoms with E-state index in [2.05, 4.69) is 17.1 Å². The van der Waals surface area contributed by atoms with Crippen LogP contribution in [-0.2, 0) is 17.8 Å². The zero-order valence-electron chi connectivity index (χ0n) is 19.2. The summed E-state index contributed by atoms with van der Waals surface area (Å²) in [5.74, 6) is -0.588. The lowest BCUT2D eigenvalue weighted by Gasteiger charge is -2.29. The van der Waals surface area contributed by atoms with Gasteiger partial charge in [0.25, 0.3) is 5.91 Å². The van der Waals surface area contributed by atoms with Gasteiger partial charge in [0.15, 0.2) is 0 Å². The molecule has 4 aromatic rings. The number of hydrogen-bond donors (Lipinski definition) is 1. The minimum atomic E-state index is -0.870. The Bertz CT molecular complexity index is 1390. The molecular weight excluding hydrogens is 442 g/mol. The van der Waals surface area contributed by atoms with Gasteiger partial charge in [0.2, 0.25) is 5.88 Å². The van der Waals surface area contributed by atoms with Crippen molar-refractivity contribution in [1.29, 1.82) is 0 Å². The molecule has 7 nitrogen and oxygen atoms in total. The Morgan fingerprint density at radius 3 is 2.49 bits per heavy atom. The standard InChI is InChI=1S/C28H25N3O4/c32-25(33)11-6-16-35-27-26(20-8-2-1-3-9-20)29-23-13-12-21(17-24(23)30-27)28(34)31-15-14-19-7-4-5-10-22(19)18-31/h1-5,7-10,12-13,17H,6,11,14-16,18H2,(H,32,33). The molecule has 0 unspecified atom stereocenters. The number of aromatic nitrogens is 2. The summed E-state index contributed by atoms with van der Waals surface area (Å²) in [7, 11) is 0. The topological polar surface area (TPSA) is 92.6 Å². The van der Waals surface area contributed by atoms with Crippen LogP contribution in [0, 0.1) is 0 Å². The molecule has 3 aromatic carbocycles. The fourth-order valence-corrected chi connectivity index (χ4v) is 4.30. The highest BCUT2D eigenvalue weighted by Gasteiger charge is 2.22. The van der Waals surface area contributed by atoms with Gasteiger partial charge >= 0.3 is 5.97 Å². The van der Waals surface area contributed by atoms with Crippen molar-refractivity contribution in [3.05, 3.63) is 89.5 Å². The van der Waals surface area contributed by atoms with Gasteiger partial charge in [-0.3, -0.25) is 9.59 Å². The quantitative estimate of drug-likeness (QED) is 0.395.